The van der Waals surface area contributed by atoms with Gasteiger partial charge in [-0.3, -0.25) is 0 Å². The molecule has 9 heavy (non-hydrogen) atoms. The highest BCUT2D eigenvalue weighted by Gasteiger charge is 2.01. The van der Waals surface area contributed by atoms with Gasteiger partial charge in [0.2, 0.25) is 0 Å². The number of rotatable bonds is 4. The minimum atomic E-state index is 0.315. The van der Waals surface area contributed by atoms with E-state index >= 15 is 0 Å². The van der Waals surface area contributed by atoms with Crippen molar-refractivity contribution < 1.29 is 4.74 Å². The van der Waals surface area contributed by atoms with Crippen LogP contribution in [-0.2, 0) is 4.74 Å². The van der Waals surface area contributed by atoms with Gasteiger partial charge in [0.05, 0.1) is 12.2 Å². The number of nitrogens with two attached hydrogens (primary N) is 1. The molecule has 0 fully saturated rings. The quantitative estimate of drug-likeness (QED) is 0.621. The minimum Gasteiger partial charge on any atom is -0.376 e. The van der Waals surface area contributed by atoms with Crippen LogP contribution in [0.5, 0.6) is 0 Å². The second-order valence-electron chi connectivity index (χ2n) is 2.57. The molecule has 0 aliphatic rings. The van der Waals surface area contributed by atoms with Crippen LogP contribution in [0.15, 0.2) is 0 Å². The van der Waals surface area contributed by atoms with Crippen LogP contribution in [0.25, 0.3) is 0 Å². The highest BCUT2D eigenvalue weighted by atomic mass is 16.5. The Morgan fingerprint density at radius 2 is 1.89 bits per heavy atom. The molecular weight excluding hydrogens is 114 g/mol. The molecule has 0 aromatic heterocycles. The summed E-state index contributed by atoms with van der Waals surface area (Å²) in [6.45, 7) is 6.83. The highest BCUT2D eigenvalue weighted by molar-refractivity contribution is 4.51. The molecule has 0 saturated carbocycles. The number of hydrogen-bond donors (Lipinski definition) is 1. The van der Waals surface area contributed by atoms with Crippen LogP contribution in [0.2, 0.25) is 0 Å². The molecule has 2 N–H and O–H groups in total. The van der Waals surface area contributed by atoms with Crippen LogP contribution in [0.1, 0.15) is 27.2 Å². The number of hydrogen-bond acceptors (Lipinski definition) is 2. The molecular formula is C7H17NO. The average Bonchev–Trinajstić information content (AvgIpc) is 1.63. The summed E-state index contributed by atoms with van der Waals surface area (Å²) in [4.78, 5) is 0. The van der Waals surface area contributed by atoms with E-state index < -0.39 is 0 Å². The van der Waals surface area contributed by atoms with Gasteiger partial charge in [-0.2, -0.15) is 0 Å². The second-order valence-corrected chi connectivity index (χ2v) is 2.57. The first-order valence-electron chi connectivity index (χ1n) is 3.52. The second kappa shape index (κ2) is 4.77. The fraction of sp³-hybridized carbons (Fsp3) is 1.00. The molecule has 56 valence electrons. The van der Waals surface area contributed by atoms with Crippen LogP contribution in [0.4, 0.5) is 0 Å². The monoisotopic (exact) mass is 131 g/mol. The lowest BCUT2D eigenvalue weighted by Gasteiger charge is -2.14. The normalized spacial score (nSPS) is 14.3. The molecule has 0 spiro atoms. The number of ether oxygens (including phenoxy) is 1. The molecule has 0 aromatic rings. The molecule has 0 aromatic carbocycles. The van der Waals surface area contributed by atoms with Crippen molar-refractivity contribution in [2.45, 2.75) is 39.4 Å². The third-order valence-electron chi connectivity index (χ3n) is 1.08. The maximum absolute atomic E-state index is 5.41. The Labute approximate surface area is 57.4 Å². The van der Waals surface area contributed by atoms with Crippen molar-refractivity contribution >= 4 is 0 Å². The van der Waals surface area contributed by atoms with Gasteiger partial charge in [-0.25, -0.2) is 0 Å². The van der Waals surface area contributed by atoms with Gasteiger partial charge >= 0.3 is 0 Å². The minimum absolute atomic E-state index is 0.315. The summed E-state index contributed by atoms with van der Waals surface area (Å²) in [6.07, 6.45) is 1.60. The lowest BCUT2D eigenvalue weighted by atomic mass is 10.3. The van der Waals surface area contributed by atoms with Gasteiger partial charge in [-0.15, -0.1) is 0 Å². The first-order valence-corrected chi connectivity index (χ1v) is 3.52. The molecule has 0 saturated heterocycles. The lowest BCUT2D eigenvalue weighted by molar-refractivity contribution is 0.0159. The van der Waals surface area contributed by atoms with Crippen LogP contribution in [0.3, 0.4) is 0 Å². The van der Waals surface area contributed by atoms with Gasteiger partial charge in [0.15, 0.2) is 0 Å². The zero-order valence-electron chi connectivity index (χ0n) is 6.55. The van der Waals surface area contributed by atoms with E-state index in [0.29, 0.717) is 18.8 Å². The van der Waals surface area contributed by atoms with Gasteiger partial charge in [-0.1, -0.05) is 0 Å². The molecule has 0 bridgehead atoms. The zero-order valence-corrected chi connectivity index (χ0v) is 6.55. The topological polar surface area (TPSA) is 35.2 Å². The van der Waals surface area contributed by atoms with Crippen molar-refractivity contribution in [1.82, 2.24) is 0 Å². The van der Waals surface area contributed by atoms with E-state index in [1.807, 2.05) is 20.8 Å². The van der Waals surface area contributed by atoms with E-state index in [0.717, 1.165) is 6.42 Å². The summed E-state index contributed by atoms with van der Waals surface area (Å²) in [5.41, 5.74) is 5.33. The van der Waals surface area contributed by atoms with E-state index in [-0.39, 0.29) is 0 Å². The molecule has 0 aliphatic carbocycles. The standard InChI is InChI=1S/C7H17NO/c1-6(2)9-7(3)4-5-8/h6-7H,4-5,8H2,1-3H3. The summed E-state index contributed by atoms with van der Waals surface area (Å²) in [5, 5.41) is 0. The first kappa shape index (κ1) is 8.92. The van der Waals surface area contributed by atoms with E-state index in [9.17, 15) is 0 Å². The Balaban J connectivity index is 3.15. The first-order chi connectivity index (χ1) is 4.16. The molecule has 2 heteroatoms. The van der Waals surface area contributed by atoms with Gasteiger partial charge in [0.25, 0.3) is 0 Å². The summed E-state index contributed by atoms with van der Waals surface area (Å²) in [6, 6.07) is 0. The fourth-order valence-electron chi connectivity index (χ4n) is 0.767. The Morgan fingerprint density at radius 3 is 2.22 bits per heavy atom. The molecule has 0 amide bonds. The van der Waals surface area contributed by atoms with E-state index in [1.165, 1.54) is 0 Å². The summed E-state index contributed by atoms with van der Waals surface area (Å²) >= 11 is 0. The smallest absolute Gasteiger partial charge is 0.0562 e. The molecule has 1 unspecified atom stereocenters. The van der Waals surface area contributed by atoms with Crippen molar-refractivity contribution in [2.24, 2.45) is 5.73 Å². The molecule has 1 atom stereocenters. The predicted molar refractivity (Wildman–Crippen MR) is 39.4 cm³/mol. The SMILES string of the molecule is CC(C)OC(C)CCN. The Hall–Kier alpha value is -0.0800. The van der Waals surface area contributed by atoms with Gasteiger partial charge < -0.3 is 10.5 Å². The highest BCUT2D eigenvalue weighted by Crippen LogP contribution is 1.99. The Morgan fingerprint density at radius 1 is 1.33 bits per heavy atom. The molecule has 0 radical (unpaired) electrons. The molecule has 0 heterocycles. The van der Waals surface area contributed by atoms with Crippen LogP contribution in [-0.4, -0.2) is 18.8 Å². The lowest BCUT2D eigenvalue weighted by Crippen LogP contribution is -2.17. The zero-order chi connectivity index (χ0) is 7.28. The van der Waals surface area contributed by atoms with Crippen molar-refractivity contribution in [3.8, 4) is 0 Å². The van der Waals surface area contributed by atoms with E-state index in [2.05, 4.69) is 0 Å². The fourth-order valence-corrected chi connectivity index (χ4v) is 0.767. The summed E-state index contributed by atoms with van der Waals surface area (Å²) in [5.74, 6) is 0. The van der Waals surface area contributed by atoms with E-state index in [4.69, 9.17) is 10.5 Å². The summed E-state index contributed by atoms with van der Waals surface area (Å²) < 4.78 is 5.41. The third kappa shape index (κ3) is 5.80. The Kier molecular flexibility index (Phi) is 4.72. The van der Waals surface area contributed by atoms with Crippen LogP contribution in [0, 0.1) is 0 Å². The van der Waals surface area contributed by atoms with Crippen LogP contribution >= 0.6 is 0 Å². The largest absolute Gasteiger partial charge is 0.376 e. The van der Waals surface area contributed by atoms with Crippen molar-refractivity contribution in [1.29, 1.82) is 0 Å². The van der Waals surface area contributed by atoms with Gasteiger partial charge in [0, 0.05) is 0 Å². The predicted octanol–water partition coefficient (Wildman–Crippen LogP) is 1.15. The molecule has 0 rings (SSSR count). The van der Waals surface area contributed by atoms with E-state index in [1.54, 1.807) is 0 Å². The average molecular weight is 131 g/mol. The van der Waals surface area contributed by atoms with Crippen LogP contribution < -0.4 is 5.73 Å². The summed E-state index contributed by atoms with van der Waals surface area (Å²) in [7, 11) is 0. The maximum atomic E-state index is 5.41. The Bertz CT molecular complexity index is 63.9. The van der Waals surface area contributed by atoms with Crippen molar-refractivity contribution in [3.05, 3.63) is 0 Å². The molecule has 2 nitrogen and oxygen atoms in total. The maximum Gasteiger partial charge on any atom is 0.0562 e. The van der Waals surface area contributed by atoms with Crippen molar-refractivity contribution in [2.75, 3.05) is 6.54 Å². The molecule has 0 aliphatic heterocycles. The van der Waals surface area contributed by atoms with Gasteiger partial charge in [0.1, 0.15) is 0 Å². The van der Waals surface area contributed by atoms with Crippen molar-refractivity contribution in [3.63, 3.8) is 0 Å². The van der Waals surface area contributed by atoms with Gasteiger partial charge in [-0.05, 0) is 33.7 Å². The third-order valence-corrected chi connectivity index (χ3v) is 1.08.